The van der Waals surface area contributed by atoms with Crippen molar-refractivity contribution in [2.45, 2.75) is 33.1 Å². The maximum absolute atomic E-state index is 5.61. The summed E-state index contributed by atoms with van der Waals surface area (Å²) in [6.45, 7) is 7.00. The molecule has 1 aromatic carbocycles. The Labute approximate surface area is 107 Å². The highest BCUT2D eigenvalue weighted by atomic mass is 16.5. The van der Waals surface area contributed by atoms with Crippen molar-refractivity contribution in [3.8, 4) is 17.1 Å². The molecule has 2 rings (SSSR count). The quantitative estimate of drug-likeness (QED) is 0.878. The lowest BCUT2D eigenvalue weighted by atomic mass is 10.2. The molecule has 0 saturated heterocycles. The fourth-order valence-electron chi connectivity index (χ4n) is 1.61. The van der Waals surface area contributed by atoms with Gasteiger partial charge in [-0.2, -0.15) is 5.10 Å². The van der Waals surface area contributed by atoms with Gasteiger partial charge in [-0.05, 0) is 18.6 Å². The number of nitrogens with zero attached hydrogens (tertiary/aromatic N) is 2. The van der Waals surface area contributed by atoms with Gasteiger partial charge in [-0.3, -0.25) is 5.10 Å². The fraction of sp³-hybridized carbons (Fsp3) is 0.429. The standard InChI is InChI=1S/C14H19N3O/c1-4-8-18-12-7-5-6-11(9-12)14-15-13(10(2)3)16-17-14/h5-7,9-10H,4,8H2,1-3H3,(H,15,16,17). The highest BCUT2D eigenvalue weighted by Gasteiger charge is 2.09. The summed E-state index contributed by atoms with van der Waals surface area (Å²) in [5.74, 6) is 2.85. The lowest BCUT2D eigenvalue weighted by Gasteiger charge is -2.05. The molecule has 0 aliphatic heterocycles. The van der Waals surface area contributed by atoms with Crippen LogP contribution in [0.3, 0.4) is 0 Å². The van der Waals surface area contributed by atoms with Crippen LogP contribution >= 0.6 is 0 Å². The van der Waals surface area contributed by atoms with Crippen molar-refractivity contribution in [2.75, 3.05) is 6.61 Å². The highest BCUT2D eigenvalue weighted by molar-refractivity contribution is 5.57. The maximum atomic E-state index is 5.61. The van der Waals surface area contributed by atoms with Crippen LogP contribution in [-0.2, 0) is 0 Å². The predicted octanol–water partition coefficient (Wildman–Crippen LogP) is 3.38. The minimum atomic E-state index is 0.353. The predicted molar refractivity (Wildman–Crippen MR) is 71.7 cm³/mol. The highest BCUT2D eigenvalue weighted by Crippen LogP contribution is 2.22. The van der Waals surface area contributed by atoms with Crippen molar-refractivity contribution in [3.63, 3.8) is 0 Å². The van der Waals surface area contributed by atoms with Crippen LogP contribution in [0.25, 0.3) is 11.4 Å². The Hall–Kier alpha value is -1.84. The normalized spacial score (nSPS) is 10.9. The van der Waals surface area contributed by atoms with E-state index in [1.807, 2.05) is 24.3 Å². The molecule has 4 heteroatoms. The molecular weight excluding hydrogens is 226 g/mol. The average Bonchev–Trinajstić information content (AvgIpc) is 2.86. The summed E-state index contributed by atoms with van der Waals surface area (Å²) in [5, 5.41) is 7.20. The summed E-state index contributed by atoms with van der Waals surface area (Å²) in [7, 11) is 0. The van der Waals surface area contributed by atoms with Gasteiger partial charge in [0.05, 0.1) is 6.61 Å². The van der Waals surface area contributed by atoms with E-state index < -0.39 is 0 Å². The van der Waals surface area contributed by atoms with E-state index in [-0.39, 0.29) is 0 Å². The average molecular weight is 245 g/mol. The van der Waals surface area contributed by atoms with Crippen LogP contribution in [-0.4, -0.2) is 21.8 Å². The Morgan fingerprint density at radius 2 is 2.17 bits per heavy atom. The molecule has 2 aromatic rings. The van der Waals surface area contributed by atoms with Gasteiger partial charge in [0.1, 0.15) is 11.6 Å². The molecule has 18 heavy (non-hydrogen) atoms. The van der Waals surface area contributed by atoms with Crippen molar-refractivity contribution in [1.82, 2.24) is 15.2 Å². The molecule has 0 radical (unpaired) electrons. The Balaban J connectivity index is 2.21. The Bertz CT molecular complexity index is 505. The van der Waals surface area contributed by atoms with E-state index >= 15 is 0 Å². The fourth-order valence-corrected chi connectivity index (χ4v) is 1.61. The first-order chi connectivity index (χ1) is 8.70. The number of benzene rings is 1. The van der Waals surface area contributed by atoms with Crippen LogP contribution in [0.4, 0.5) is 0 Å². The molecule has 1 N–H and O–H groups in total. The van der Waals surface area contributed by atoms with Gasteiger partial charge < -0.3 is 4.74 Å². The van der Waals surface area contributed by atoms with Gasteiger partial charge >= 0.3 is 0 Å². The lowest BCUT2D eigenvalue weighted by molar-refractivity contribution is 0.317. The topological polar surface area (TPSA) is 50.8 Å². The lowest BCUT2D eigenvalue weighted by Crippen LogP contribution is -1.95. The number of aromatic amines is 1. The van der Waals surface area contributed by atoms with E-state index in [2.05, 4.69) is 36.0 Å². The van der Waals surface area contributed by atoms with E-state index in [9.17, 15) is 0 Å². The zero-order valence-corrected chi connectivity index (χ0v) is 11.1. The number of aromatic nitrogens is 3. The summed E-state index contributed by atoms with van der Waals surface area (Å²) in [6.07, 6.45) is 1.00. The first-order valence-electron chi connectivity index (χ1n) is 6.36. The molecule has 96 valence electrons. The number of rotatable bonds is 5. The third-order valence-corrected chi connectivity index (χ3v) is 2.61. The number of ether oxygens (including phenoxy) is 1. The second-order valence-corrected chi connectivity index (χ2v) is 4.58. The Morgan fingerprint density at radius 1 is 1.33 bits per heavy atom. The Morgan fingerprint density at radius 3 is 2.83 bits per heavy atom. The minimum absolute atomic E-state index is 0.353. The molecule has 4 nitrogen and oxygen atoms in total. The molecule has 0 fully saturated rings. The third-order valence-electron chi connectivity index (χ3n) is 2.61. The minimum Gasteiger partial charge on any atom is -0.494 e. The zero-order valence-electron chi connectivity index (χ0n) is 11.1. The van der Waals surface area contributed by atoms with E-state index in [0.29, 0.717) is 5.92 Å². The zero-order chi connectivity index (χ0) is 13.0. The molecule has 1 aromatic heterocycles. The molecule has 0 unspecified atom stereocenters. The van der Waals surface area contributed by atoms with Crippen LogP contribution in [0, 0.1) is 0 Å². The monoisotopic (exact) mass is 245 g/mol. The van der Waals surface area contributed by atoms with Crippen LogP contribution < -0.4 is 4.74 Å². The first-order valence-corrected chi connectivity index (χ1v) is 6.36. The molecule has 0 saturated carbocycles. The maximum Gasteiger partial charge on any atom is 0.181 e. The van der Waals surface area contributed by atoms with Crippen molar-refractivity contribution >= 4 is 0 Å². The van der Waals surface area contributed by atoms with Crippen molar-refractivity contribution < 1.29 is 4.74 Å². The van der Waals surface area contributed by atoms with Crippen molar-refractivity contribution in [2.24, 2.45) is 0 Å². The SMILES string of the molecule is CCCOc1cccc(-c2n[nH]c(C(C)C)n2)c1. The summed E-state index contributed by atoms with van der Waals surface area (Å²) < 4.78 is 5.61. The van der Waals surface area contributed by atoms with E-state index in [1.54, 1.807) is 0 Å². The molecule has 0 aliphatic rings. The number of nitrogens with one attached hydrogen (secondary N) is 1. The molecule has 0 aliphatic carbocycles. The van der Waals surface area contributed by atoms with Gasteiger partial charge in [0.15, 0.2) is 5.82 Å². The van der Waals surface area contributed by atoms with E-state index in [0.717, 1.165) is 36.0 Å². The molecule has 0 amide bonds. The van der Waals surface area contributed by atoms with Gasteiger partial charge in [-0.1, -0.05) is 32.9 Å². The number of hydrogen-bond acceptors (Lipinski definition) is 3. The van der Waals surface area contributed by atoms with E-state index in [4.69, 9.17) is 4.74 Å². The third kappa shape index (κ3) is 2.88. The first kappa shape index (κ1) is 12.6. The van der Waals surface area contributed by atoms with Crippen molar-refractivity contribution in [3.05, 3.63) is 30.1 Å². The molecule has 0 atom stereocenters. The number of hydrogen-bond donors (Lipinski definition) is 1. The summed E-state index contributed by atoms with van der Waals surface area (Å²) in [6, 6.07) is 7.88. The summed E-state index contributed by atoms with van der Waals surface area (Å²) >= 11 is 0. The molecule has 0 bridgehead atoms. The van der Waals surface area contributed by atoms with Crippen LogP contribution in [0.2, 0.25) is 0 Å². The smallest absolute Gasteiger partial charge is 0.181 e. The van der Waals surface area contributed by atoms with Crippen LogP contribution in [0.5, 0.6) is 5.75 Å². The van der Waals surface area contributed by atoms with Gasteiger partial charge in [-0.15, -0.1) is 0 Å². The van der Waals surface area contributed by atoms with Gasteiger partial charge in [0.25, 0.3) is 0 Å². The van der Waals surface area contributed by atoms with Crippen LogP contribution in [0.15, 0.2) is 24.3 Å². The molecule has 0 spiro atoms. The second-order valence-electron chi connectivity index (χ2n) is 4.58. The number of H-pyrrole nitrogens is 1. The van der Waals surface area contributed by atoms with Gasteiger partial charge in [0, 0.05) is 11.5 Å². The molecule has 1 heterocycles. The summed E-state index contributed by atoms with van der Waals surface area (Å²) in [4.78, 5) is 4.48. The van der Waals surface area contributed by atoms with E-state index in [1.165, 1.54) is 0 Å². The largest absolute Gasteiger partial charge is 0.494 e. The van der Waals surface area contributed by atoms with Crippen LogP contribution in [0.1, 0.15) is 38.9 Å². The summed E-state index contributed by atoms with van der Waals surface area (Å²) in [5.41, 5.74) is 0.978. The Kier molecular flexibility index (Phi) is 3.97. The molecular formula is C14H19N3O. The van der Waals surface area contributed by atoms with Gasteiger partial charge in [-0.25, -0.2) is 4.98 Å². The second kappa shape index (κ2) is 5.67. The van der Waals surface area contributed by atoms with Crippen molar-refractivity contribution in [1.29, 1.82) is 0 Å². The van der Waals surface area contributed by atoms with Gasteiger partial charge in [0.2, 0.25) is 0 Å².